The average molecular weight is 717 g/mol. The van der Waals surface area contributed by atoms with Gasteiger partial charge in [-0.25, -0.2) is 9.97 Å². The molecule has 11 rings (SSSR count). The van der Waals surface area contributed by atoms with Crippen molar-refractivity contribution in [2.45, 2.75) is 0 Å². The van der Waals surface area contributed by atoms with Crippen molar-refractivity contribution in [1.82, 2.24) is 9.97 Å². The van der Waals surface area contributed by atoms with Gasteiger partial charge in [-0.1, -0.05) is 170 Å². The lowest BCUT2D eigenvalue weighted by molar-refractivity contribution is 0.669. The molecule has 0 aliphatic heterocycles. The molecule has 262 valence electrons. The molecule has 0 N–H and O–H groups in total. The second kappa shape index (κ2) is 13.1. The Kier molecular flexibility index (Phi) is 7.46. The van der Waals surface area contributed by atoms with Crippen molar-refractivity contribution in [3.8, 4) is 67.3 Å². The number of fused-ring (bicyclic) bond motifs is 6. The highest BCUT2D eigenvalue weighted by molar-refractivity contribution is 6.12. The molecule has 3 heterocycles. The predicted molar refractivity (Wildman–Crippen MR) is 229 cm³/mol. The third-order valence-electron chi connectivity index (χ3n) is 10.8. The Hall–Kier alpha value is -7.56. The molecule has 0 aliphatic rings. The van der Waals surface area contributed by atoms with Crippen LogP contribution in [0.5, 0.6) is 0 Å². The van der Waals surface area contributed by atoms with E-state index in [9.17, 15) is 0 Å². The highest BCUT2D eigenvalue weighted by Crippen LogP contribution is 2.43. The van der Waals surface area contributed by atoms with Crippen molar-refractivity contribution in [2.75, 3.05) is 0 Å². The van der Waals surface area contributed by atoms with Crippen molar-refractivity contribution in [2.24, 2.45) is 0 Å². The second-order valence-corrected chi connectivity index (χ2v) is 14.1. The summed E-state index contributed by atoms with van der Waals surface area (Å²) in [5.41, 5.74) is 14.4. The lowest BCUT2D eigenvalue weighted by Crippen LogP contribution is -1.97. The first-order valence-electron chi connectivity index (χ1n) is 18.8. The zero-order valence-electron chi connectivity index (χ0n) is 30.2. The molecule has 3 aromatic heterocycles. The summed E-state index contributed by atoms with van der Waals surface area (Å²) in [6.45, 7) is 0. The maximum absolute atomic E-state index is 6.62. The van der Waals surface area contributed by atoms with Gasteiger partial charge in [-0.3, -0.25) is 0 Å². The van der Waals surface area contributed by atoms with Gasteiger partial charge in [0.25, 0.3) is 0 Å². The molecule has 0 radical (unpaired) electrons. The molecule has 0 saturated heterocycles. The number of para-hydroxylation sites is 4. The second-order valence-electron chi connectivity index (χ2n) is 14.1. The molecule has 0 unspecified atom stereocenters. The molecule has 11 aromatic rings. The molecule has 0 aliphatic carbocycles. The van der Waals surface area contributed by atoms with E-state index in [1.54, 1.807) is 0 Å². The van der Waals surface area contributed by atoms with E-state index in [4.69, 9.17) is 18.8 Å². The maximum atomic E-state index is 6.62. The summed E-state index contributed by atoms with van der Waals surface area (Å²) < 4.78 is 13.2. The van der Waals surface area contributed by atoms with Crippen LogP contribution in [0.25, 0.3) is 111 Å². The SMILES string of the molecule is c1ccc(-c2ccc(-c3cc(-c4cc(-c5cccc6c5oc5ccccc56)ccc4-c4cccc5c4oc4ccccc45)nc(-c4ccccc4)n3)cc2)cc1. The van der Waals surface area contributed by atoms with Gasteiger partial charge >= 0.3 is 0 Å². The number of hydrogen-bond donors (Lipinski definition) is 0. The molecule has 4 nitrogen and oxygen atoms in total. The normalized spacial score (nSPS) is 11.6. The van der Waals surface area contributed by atoms with E-state index in [-0.39, 0.29) is 0 Å². The third-order valence-corrected chi connectivity index (χ3v) is 10.8. The quantitative estimate of drug-likeness (QED) is 0.172. The van der Waals surface area contributed by atoms with Crippen LogP contribution in [-0.4, -0.2) is 9.97 Å². The zero-order chi connectivity index (χ0) is 37.0. The highest BCUT2D eigenvalue weighted by Gasteiger charge is 2.20. The van der Waals surface area contributed by atoms with Gasteiger partial charge in [0.2, 0.25) is 0 Å². The first kappa shape index (κ1) is 31.9. The first-order chi connectivity index (χ1) is 27.7. The Balaban J connectivity index is 1.16. The van der Waals surface area contributed by atoms with E-state index >= 15 is 0 Å². The summed E-state index contributed by atoms with van der Waals surface area (Å²) in [6.07, 6.45) is 0. The average Bonchev–Trinajstić information content (AvgIpc) is 3.86. The minimum atomic E-state index is 0.655. The lowest BCUT2D eigenvalue weighted by Gasteiger charge is -2.15. The van der Waals surface area contributed by atoms with E-state index in [0.717, 1.165) is 99.8 Å². The van der Waals surface area contributed by atoms with E-state index in [1.807, 2.05) is 48.5 Å². The summed E-state index contributed by atoms with van der Waals surface area (Å²) in [5.74, 6) is 0.655. The van der Waals surface area contributed by atoms with E-state index in [0.29, 0.717) is 5.82 Å². The van der Waals surface area contributed by atoms with Gasteiger partial charge in [-0.15, -0.1) is 0 Å². The fourth-order valence-electron chi connectivity index (χ4n) is 8.01. The Morgan fingerprint density at radius 2 is 0.786 bits per heavy atom. The van der Waals surface area contributed by atoms with Crippen LogP contribution in [0.1, 0.15) is 0 Å². The van der Waals surface area contributed by atoms with Crippen molar-refractivity contribution < 1.29 is 8.83 Å². The fourth-order valence-corrected chi connectivity index (χ4v) is 8.01. The molecule has 0 saturated carbocycles. The molecule has 8 aromatic carbocycles. The molecule has 0 bridgehead atoms. The van der Waals surface area contributed by atoms with Crippen LogP contribution in [0.3, 0.4) is 0 Å². The van der Waals surface area contributed by atoms with E-state index < -0.39 is 0 Å². The van der Waals surface area contributed by atoms with Gasteiger partial charge < -0.3 is 8.83 Å². The largest absolute Gasteiger partial charge is 0.455 e. The molecule has 4 heteroatoms. The van der Waals surface area contributed by atoms with Gasteiger partial charge in [0.1, 0.15) is 22.3 Å². The molecule has 0 spiro atoms. The number of benzene rings is 8. The number of furan rings is 2. The first-order valence-corrected chi connectivity index (χ1v) is 18.8. The number of hydrogen-bond acceptors (Lipinski definition) is 4. The fraction of sp³-hybridized carbons (Fsp3) is 0. The maximum Gasteiger partial charge on any atom is 0.160 e. The van der Waals surface area contributed by atoms with E-state index in [1.165, 1.54) is 5.56 Å². The zero-order valence-corrected chi connectivity index (χ0v) is 30.2. The van der Waals surface area contributed by atoms with Crippen LogP contribution in [0.15, 0.2) is 203 Å². The summed E-state index contributed by atoms with van der Waals surface area (Å²) in [4.78, 5) is 10.5. The Morgan fingerprint density at radius 3 is 1.46 bits per heavy atom. The molecule has 0 fully saturated rings. The summed E-state index contributed by atoms with van der Waals surface area (Å²) in [6, 6.07) is 67.3. The minimum absolute atomic E-state index is 0.655. The van der Waals surface area contributed by atoms with Crippen molar-refractivity contribution >= 4 is 43.9 Å². The monoisotopic (exact) mass is 716 g/mol. The smallest absolute Gasteiger partial charge is 0.160 e. The predicted octanol–water partition coefficient (Wildman–Crippen LogP) is 14.3. The number of rotatable bonds is 6. The van der Waals surface area contributed by atoms with Crippen LogP contribution >= 0.6 is 0 Å². The number of nitrogens with zero attached hydrogens (tertiary/aromatic N) is 2. The minimum Gasteiger partial charge on any atom is -0.455 e. The third kappa shape index (κ3) is 5.39. The molecule has 0 atom stereocenters. The summed E-state index contributed by atoms with van der Waals surface area (Å²) in [5, 5.41) is 4.36. The van der Waals surface area contributed by atoms with Gasteiger partial charge in [0, 0.05) is 49.4 Å². The number of aromatic nitrogens is 2. The Labute approximate surface area is 323 Å². The van der Waals surface area contributed by atoms with Crippen molar-refractivity contribution in [1.29, 1.82) is 0 Å². The van der Waals surface area contributed by atoms with Crippen LogP contribution in [-0.2, 0) is 0 Å². The summed E-state index contributed by atoms with van der Waals surface area (Å²) >= 11 is 0. The van der Waals surface area contributed by atoms with Gasteiger partial charge in [0.15, 0.2) is 5.82 Å². The molecular formula is C52H32N2O2. The summed E-state index contributed by atoms with van der Waals surface area (Å²) in [7, 11) is 0. The van der Waals surface area contributed by atoms with Gasteiger partial charge in [-0.2, -0.15) is 0 Å². The standard InChI is InChI=1S/C52H32N2O2/c1-3-13-33(14-4-1)34-25-27-35(28-26-34)46-32-47(54-52(53-46)36-15-5-2-6-16-36)45-31-37(38-19-11-21-43-40-17-7-9-23-48(40)55-50(38)43)29-30-39(45)42-20-12-22-44-41-18-8-10-24-49(41)56-51(42)44/h1-32H. The Bertz CT molecular complexity index is 3230. The van der Waals surface area contributed by atoms with Crippen LogP contribution in [0.4, 0.5) is 0 Å². The highest BCUT2D eigenvalue weighted by atomic mass is 16.3. The molecular weight excluding hydrogens is 685 g/mol. The van der Waals surface area contributed by atoms with E-state index in [2.05, 4.69) is 146 Å². The van der Waals surface area contributed by atoms with Crippen molar-refractivity contribution in [3.63, 3.8) is 0 Å². The lowest BCUT2D eigenvalue weighted by atomic mass is 9.91. The van der Waals surface area contributed by atoms with Gasteiger partial charge in [0.05, 0.1) is 11.4 Å². The van der Waals surface area contributed by atoms with Crippen LogP contribution in [0.2, 0.25) is 0 Å². The van der Waals surface area contributed by atoms with Gasteiger partial charge in [-0.05, 0) is 46.5 Å². The topological polar surface area (TPSA) is 52.1 Å². The van der Waals surface area contributed by atoms with Crippen LogP contribution in [0, 0.1) is 0 Å². The molecule has 56 heavy (non-hydrogen) atoms. The van der Waals surface area contributed by atoms with Crippen LogP contribution < -0.4 is 0 Å². The Morgan fingerprint density at radius 1 is 0.286 bits per heavy atom. The molecule has 0 amide bonds. The van der Waals surface area contributed by atoms with Crippen molar-refractivity contribution in [3.05, 3.63) is 194 Å².